The molecule has 0 saturated heterocycles. The molecule has 1 aliphatic rings. The molecule has 1 aromatic heterocycles. The Kier molecular flexibility index (Phi) is 4.94. The fourth-order valence-corrected chi connectivity index (χ4v) is 2.98. The Labute approximate surface area is 155 Å². The smallest absolute Gasteiger partial charge is 0.262 e. The van der Waals surface area contributed by atoms with Gasteiger partial charge in [0.25, 0.3) is 5.56 Å². The first-order valence-electron chi connectivity index (χ1n) is 8.91. The summed E-state index contributed by atoms with van der Waals surface area (Å²) in [5, 5.41) is 3.90. The summed E-state index contributed by atoms with van der Waals surface area (Å²) in [6, 6.07) is 5.55. The molecule has 2 aromatic rings. The monoisotopic (exact) mass is 350 g/mol. The zero-order chi connectivity index (χ0) is 18.7. The summed E-state index contributed by atoms with van der Waals surface area (Å²) in [6.45, 7) is 10.4. The zero-order valence-corrected chi connectivity index (χ0v) is 15.8. The topological polar surface area (TPSA) is 59.3 Å². The SMILES string of the molecule is C/C=C\C(C#Cc1ccc2c(=O)n3c(nc2c1)NCC(C)(C)C3)=NCC.[HH]. The van der Waals surface area contributed by atoms with Gasteiger partial charge in [-0.25, -0.2) is 4.98 Å². The summed E-state index contributed by atoms with van der Waals surface area (Å²) in [5.41, 5.74) is 2.25. The Morgan fingerprint density at radius 1 is 1.50 bits per heavy atom. The Hall–Kier alpha value is -2.87. The lowest BCUT2D eigenvalue weighted by molar-refractivity contribution is 0.303. The lowest BCUT2D eigenvalue weighted by Gasteiger charge is -2.32. The van der Waals surface area contributed by atoms with E-state index in [2.05, 4.69) is 41.0 Å². The third-order valence-electron chi connectivity index (χ3n) is 4.25. The second kappa shape index (κ2) is 7.17. The lowest BCUT2D eigenvalue weighted by atomic mass is 9.92. The van der Waals surface area contributed by atoms with Gasteiger partial charge in [-0.05, 0) is 44.0 Å². The number of anilines is 1. The molecule has 2 heterocycles. The third-order valence-corrected chi connectivity index (χ3v) is 4.25. The van der Waals surface area contributed by atoms with Crippen molar-refractivity contribution in [1.29, 1.82) is 0 Å². The van der Waals surface area contributed by atoms with E-state index in [4.69, 9.17) is 0 Å². The molecule has 0 saturated carbocycles. The highest BCUT2D eigenvalue weighted by atomic mass is 16.1. The van der Waals surface area contributed by atoms with Crippen molar-refractivity contribution in [1.82, 2.24) is 9.55 Å². The van der Waals surface area contributed by atoms with Gasteiger partial charge in [0.15, 0.2) is 0 Å². The minimum Gasteiger partial charge on any atom is -0.355 e. The van der Waals surface area contributed by atoms with Crippen molar-refractivity contribution >= 4 is 22.6 Å². The number of nitrogens with zero attached hydrogens (tertiary/aromatic N) is 3. The number of hydrogen-bond acceptors (Lipinski definition) is 4. The highest BCUT2D eigenvalue weighted by molar-refractivity contribution is 6.09. The van der Waals surface area contributed by atoms with Gasteiger partial charge < -0.3 is 5.32 Å². The molecule has 26 heavy (non-hydrogen) atoms. The number of aromatic nitrogens is 2. The van der Waals surface area contributed by atoms with Crippen molar-refractivity contribution in [2.24, 2.45) is 10.4 Å². The molecule has 0 atom stereocenters. The number of rotatable bonds is 2. The highest BCUT2D eigenvalue weighted by Crippen LogP contribution is 2.25. The first kappa shape index (κ1) is 17.9. The van der Waals surface area contributed by atoms with Crippen LogP contribution in [0, 0.1) is 17.3 Å². The Balaban J connectivity index is 0.00000261. The average Bonchev–Trinajstić information content (AvgIpc) is 2.60. The van der Waals surface area contributed by atoms with Gasteiger partial charge >= 0.3 is 0 Å². The Bertz CT molecular complexity index is 1020. The third kappa shape index (κ3) is 3.70. The van der Waals surface area contributed by atoms with Crippen LogP contribution in [-0.2, 0) is 6.54 Å². The number of nitrogens with one attached hydrogen (secondary N) is 1. The summed E-state index contributed by atoms with van der Waals surface area (Å²) in [4.78, 5) is 21.8. The van der Waals surface area contributed by atoms with Crippen LogP contribution in [0.3, 0.4) is 0 Å². The second-order valence-electron chi connectivity index (χ2n) is 7.19. The number of hydrogen-bond donors (Lipinski definition) is 1. The van der Waals surface area contributed by atoms with Gasteiger partial charge in [-0.15, -0.1) is 0 Å². The normalized spacial score (nSPS) is 16.1. The van der Waals surface area contributed by atoms with Crippen molar-refractivity contribution in [2.75, 3.05) is 18.4 Å². The van der Waals surface area contributed by atoms with Gasteiger partial charge in [0.1, 0.15) is 5.71 Å². The molecule has 0 unspecified atom stereocenters. The van der Waals surface area contributed by atoms with Gasteiger partial charge in [-0.3, -0.25) is 14.4 Å². The van der Waals surface area contributed by atoms with E-state index >= 15 is 0 Å². The molecule has 5 heteroatoms. The fraction of sp³-hybridized carbons (Fsp3) is 0.381. The lowest BCUT2D eigenvalue weighted by Crippen LogP contribution is -2.40. The largest absolute Gasteiger partial charge is 0.355 e. The van der Waals surface area contributed by atoms with Crippen molar-refractivity contribution < 1.29 is 1.43 Å². The number of fused-ring (bicyclic) bond motifs is 2. The fourth-order valence-electron chi connectivity index (χ4n) is 2.98. The maximum atomic E-state index is 12.8. The molecule has 0 spiro atoms. The summed E-state index contributed by atoms with van der Waals surface area (Å²) in [6.07, 6.45) is 3.82. The number of allylic oxidation sites excluding steroid dienone is 2. The molecule has 0 aliphatic carbocycles. The van der Waals surface area contributed by atoms with E-state index in [0.29, 0.717) is 29.9 Å². The molecule has 3 rings (SSSR count). The molecule has 0 fully saturated rings. The summed E-state index contributed by atoms with van der Waals surface area (Å²) < 4.78 is 1.73. The van der Waals surface area contributed by atoms with Gasteiger partial charge in [-0.2, -0.15) is 0 Å². The van der Waals surface area contributed by atoms with Crippen molar-refractivity contribution in [3.05, 3.63) is 46.3 Å². The van der Waals surface area contributed by atoms with Crippen LogP contribution < -0.4 is 10.9 Å². The van der Waals surface area contributed by atoms with Crippen LogP contribution in [0.15, 0.2) is 40.1 Å². The first-order valence-corrected chi connectivity index (χ1v) is 8.91. The maximum absolute atomic E-state index is 12.8. The van der Waals surface area contributed by atoms with Gasteiger partial charge in [0.05, 0.1) is 10.9 Å². The van der Waals surface area contributed by atoms with E-state index in [1.54, 1.807) is 4.57 Å². The van der Waals surface area contributed by atoms with Crippen molar-refractivity contribution in [2.45, 2.75) is 34.2 Å². The first-order chi connectivity index (χ1) is 12.4. The Morgan fingerprint density at radius 2 is 2.31 bits per heavy atom. The van der Waals surface area contributed by atoms with Crippen LogP contribution in [0.5, 0.6) is 0 Å². The molecule has 5 nitrogen and oxygen atoms in total. The van der Waals surface area contributed by atoms with E-state index in [0.717, 1.165) is 17.8 Å². The summed E-state index contributed by atoms with van der Waals surface area (Å²) in [5.74, 6) is 6.83. The van der Waals surface area contributed by atoms with Crippen LogP contribution in [0.25, 0.3) is 10.9 Å². The van der Waals surface area contributed by atoms with E-state index in [1.165, 1.54) is 0 Å². The molecular weight excluding hydrogens is 324 g/mol. The number of benzene rings is 1. The minimum absolute atomic E-state index is 0. The van der Waals surface area contributed by atoms with E-state index in [1.807, 2.05) is 44.2 Å². The van der Waals surface area contributed by atoms with E-state index < -0.39 is 0 Å². The average molecular weight is 350 g/mol. The van der Waals surface area contributed by atoms with Gasteiger partial charge in [0, 0.05) is 32.0 Å². The highest BCUT2D eigenvalue weighted by Gasteiger charge is 2.27. The Morgan fingerprint density at radius 3 is 3.04 bits per heavy atom. The van der Waals surface area contributed by atoms with E-state index in [9.17, 15) is 4.79 Å². The molecule has 1 aromatic carbocycles. The molecule has 0 radical (unpaired) electrons. The van der Waals surface area contributed by atoms with E-state index in [-0.39, 0.29) is 12.4 Å². The van der Waals surface area contributed by atoms with Crippen LogP contribution in [0.2, 0.25) is 0 Å². The molecular formula is C21H26N4O. The molecule has 136 valence electrons. The second-order valence-corrected chi connectivity index (χ2v) is 7.19. The standard InChI is InChI=1S/C21H24N4O.H2/c1-5-7-16(22-6-2)10-8-15-9-11-17-18(12-15)24-20-23-13-21(3,4)14-25(20)19(17)26;/h5,7,9,11-12H,6,13-14H2,1-4H3,(H,23,24);1H/b7-5-,22-16?;. The predicted octanol–water partition coefficient (Wildman–Crippen LogP) is 3.48. The summed E-state index contributed by atoms with van der Waals surface area (Å²) in [7, 11) is 0. The predicted molar refractivity (Wildman–Crippen MR) is 110 cm³/mol. The molecule has 1 N–H and O–H groups in total. The molecule has 1 aliphatic heterocycles. The maximum Gasteiger partial charge on any atom is 0.262 e. The summed E-state index contributed by atoms with van der Waals surface area (Å²) >= 11 is 0. The van der Waals surface area contributed by atoms with Crippen LogP contribution in [-0.4, -0.2) is 28.4 Å². The molecule has 0 amide bonds. The minimum atomic E-state index is -0.00747. The van der Waals surface area contributed by atoms with Crippen LogP contribution in [0.1, 0.15) is 34.7 Å². The van der Waals surface area contributed by atoms with Gasteiger partial charge in [0.2, 0.25) is 5.95 Å². The number of aliphatic imine (C=N–C) groups is 1. The molecule has 0 bridgehead atoms. The van der Waals surface area contributed by atoms with Crippen LogP contribution >= 0.6 is 0 Å². The van der Waals surface area contributed by atoms with Gasteiger partial charge in [-0.1, -0.05) is 25.8 Å². The van der Waals surface area contributed by atoms with Crippen molar-refractivity contribution in [3.8, 4) is 11.8 Å². The quantitative estimate of drug-likeness (QED) is 0.666. The van der Waals surface area contributed by atoms with Crippen LogP contribution in [0.4, 0.5) is 5.95 Å². The zero-order valence-electron chi connectivity index (χ0n) is 15.8. The van der Waals surface area contributed by atoms with Crippen molar-refractivity contribution in [3.63, 3.8) is 0 Å².